The van der Waals surface area contributed by atoms with Gasteiger partial charge < -0.3 is 14.5 Å². The first kappa shape index (κ1) is 17.3. The molecule has 10 nitrogen and oxygen atoms in total. The zero-order valence-electron chi connectivity index (χ0n) is 14.3. The number of aromatic amines is 1. The first-order chi connectivity index (χ1) is 12.7. The largest absolute Gasteiger partial charge is 0.471 e. The second kappa shape index (κ2) is 8.01. The Balaban J connectivity index is 1.80. The fourth-order valence-corrected chi connectivity index (χ4v) is 2.03. The summed E-state index contributed by atoms with van der Waals surface area (Å²) in [4.78, 5) is 26.9. The Morgan fingerprint density at radius 2 is 2.08 bits per heavy atom. The lowest BCUT2D eigenvalue weighted by Crippen LogP contribution is -2.21. The van der Waals surface area contributed by atoms with Gasteiger partial charge in [-0.2, -0.15) is 15.0 Å². The number of rotatable bonds is 6. The molecule has 1 aromatic carbocycles. The van der Waals surface area contributed by atoms with E-state index < -0.39 is 6.09 Å². The van der Waals surface area contributed by atoms with Gasteiger partial charge in [-0.05, 0) is 12.5 Å². The number of amides is 1. The van der Waals surface area contributed by atoms with Crippen molar-refractivity contribution in [2.75, 3.05) is 13.7 Å². The fraction of sp³-hybridized carbons (Fsp3) is 0.250. The summed E-state index contributed by atoms with van der Waals surface area (Å²) < 4.78 is 10.6. The van der Waals surface area contributed by atoms with Gasteiger partial charge in [-0.25, -0.2) is 9.78 Å². The maximum atomic E-state index is 11.5. The first-order valence-corrected chi connectivity index (χ1v) is 7.87. The lowest BCUT2D eigenvalue weighted by atomic mass is 10.2. The molecule has 0 aliphatic carbocycles. The molecule has 0 radical (unpaired) electrons. The average molecular weight is 355 g/mol. The van der Waals surface area contributed by atoms with Crippen LogP contribution >= 0.6 is 0 Å². The van der Waals surface area contributed by atoms with Gasteiger partial charge in [-0.3, -0.25) is 0 Å². The molecule has 2 heterocycles. The highest BCUT2D eigenvalue weighted by Crippen LogP contribution is 2.23. The predicted octanol–water partition coefficient (Wildman–Crippen LogP) is 3.02. The number of aromatic nitrogens is 4. The summed E-state index contributed by atoms with van der Waals surface area (Å²) in [6.07, 6.45) is 0.859. The van der Waals surface area contributed by atoms with Crippen LogP contribution in [0.3, 0.4) is 0 Å². The quantitative estimate of drug-likeness (QED) is 0.536. The first-order valence-electron chi connectivity index (χ1n) is 7.87. The molecule has 2 aromatic heterocycles. The van der Waals surface area contributed by atoms with E-state index in [-0.39, 0.29) is 12.6 Å². The standard InChI is InChI=1S/C16H17N7O3/c1-3-25-16(24)23(2)22-21-15-19-13-12(17-10-18-13)14(20-15)26-9-11-7-5-4-6-8-11/h4-8,10H,3,9H2,1-2H3,(H,17,18,19,20)/b22-21+. The van der Waals surface area contributed by atoms with E-state index in [9.17, 15) is 4.79 Å². The second-order valence-corrected chi connectivity index (χ2v) is 5.12. The number of hydrogen-bond donors (Lipinski definition) is 1. The summed E-state index contributed by atoms with van der Waals surface area (Å²) in [5.41, 5.74) is 1.93. The van der Waals surface area contributed by atoms with Crippen LogP contribution in [-0.2, 0) is 11.3 Å². The minimum Gasteiger partial charge on any atom is -0.471 e. The highest BCUT2D eigenvalue weighted by molar-refractivity contribution is 5.76. The number of hydrogen-bond acceptors (Lipinski definition) is 8. The van der Waals surface area contributed by atoms with E-state index in [0.29, 0.717) is 23.7 Å². The van der Waals surface area contributed by atoms with Crippen molar-refractivity contribution in [1.29, 1.82) is 0 Å². The van der Waals surface area contributed by atoms with Gasteiger partial charge in [0.1, 0.15) is 12.1 Å². The van der Waals surface area contributed by atoms with Crippen molar-refractivity contribution < 1.29 is 14.3 Å². The number of H-pyrrole nitrogens is 1. The molecule has 0 atom stereocenters. The third kappa shape index (κ3) is 4.09. The molecule has 134 valence electrons. The number of nitrogens with one attached hydrogen (secondary N) is 1. The molecule has 0 spiro atoms. The highest BCUT2D eigenvalue weighted by atomic mass is 16.6. The van der Waals surface area contributed by atoms with Gasteiger partial charge in [0.25, 0.3) is 5.95 Å². The number of ether oxygens (including phenoxy) is 2. The van der Waals surface area contributed by atoms with Crippen LogP contribution in [-0.4, -0.2) is 44.7 Å². The molecule has 0 fully saturated rings. The third-order valence-corrected chi connectivity index (χ3v) is 3.26. The molecular weight excluding hydrogens is 338 g/mol. The van der Waals surface area contributed by atoms with Gasteiger partial charge in [0.15, 0.2) is 5.65 Å². The maximum absolute atomic E-state index is 11.5. The van der Waals surface area contributed by atoms with E-state index in [0.717, 1.165) is 10.6 Å². The van der Waals surface area contributed by atoms with Crippen LogP contribution in [0.25, 0.3) is 11.2 Å². The van der Waals surface area contributed by atoms with Crippen LogP contribution in [0.2, 0.25) is 0 Å². The van der Waals surface area contributed by atoms with Crippen LogP contribution in [0.5, 0.6) is 5.88 Å². The van der Waals surface area contributed by atoms with Crippen LogP contribution < -0.4 is 4.74 Å². The minimum atomic E-state index is -0.627. The molecule has 0 saturated heterocycles. The predicted molar refractivity (Wildman–Crippen MR) is 91.8 cm³/mol. The molecule has 0 aliphatic rings. The fourth-order valence-electron chi connectivity index (χ4n) is 2.03. The van der Waals surface area contributed by atoms with E-state index in [1.165, 1.54) is 13.4 Å². The molecule has 1 amide bonds. The van der Waals surface area contributed by atoms with Crippen LogP contribution in [0.4, 0.5) is 10.7 Å². The topological polar surface area (TPSA) is 118 Å². The van der Waals surface area contributed by atoms with Gasteiger partial charge in [0.05, 0.1) is 12.9 Å². The van der Waals surface area contributed by atoms with Gasteiger partial charge in [-0.1, -0.05) is 40.7 Å². The lowest BCUT2D eigenvalue weighted by Gasteiger charge is -2.08. The molecule has 0 saturated carbocycles. The SMILES string of the molecule is CCOC(=O)N(C)/N=N/c1nc(OCc2ccccc2)c2[nH]cnc2n1. The van der Waals surface area contributed by atoms with Crippen LogP contribution in [0.15, 0.2) is 47.0 Å². The molecule has 0 unspecified atom stereocenters. The Labute approximate surface area is 148 Å². The van der Waals surface area contributed by atoms with E-state index >= 15 is 0 Å². The van der Waals surface area contributed by atoms with E-state index in [1.54, 1.807) is 6.92 Å². The number of carbonyl (C=O) groups excluding carboxylic acids is 1. The van der Waals surface area contributed by atoms with Crippen molar-refractivity contribution in [1.82, 2.24) is 24.9 Å². The molecule has 1 N–H and O–H groups in total. The minimum absolute atomic E-state index is 0.0174. The van der Waals surface area contributed by atoms with Crippen molar-refractivity contribution in [3.8, 4) is 5.88 Å². The van der Waals surface area contributed by atoms with Crippen LogP contribution in [0.1, 0.15) is 12.5 Å². The number of fused-ring (bicyclic) bond motifs is 1. The number of carbonyl (C=O) groups is 1. The van der Waals surface area contributed by atoms with Crippen LogP contribution in [0, 0.1) is 0 Å². The Kier molecular flexibility index (Phi) is 5.32. The molecule has 3 aromatic rings. The molecular formula is C16H17N7O3. The number of benzene rings is 1. The smallest absolute Gasteiger partial charge is 0.431 e. The number of imidazole rings is 1. The molecule has 3 rings (SSSR count). The van der Waals surface area contributed by atoms with Crippen molar-refractivity contribution in [2.45, 2.75) is 13.5 Å². The van der Waals surface area contributed by atoms with E-state index in [4.69, 9.17) is 9.47 Å². The highest BCUT2D eigenvalue weighted by Gasteiger charge is 2.13. The normalized spacial score (nSPS) is 11.0. The van der Waals surface area contributed by atoms with Gasteiger partial charge >= 0.3 is 6.09 Å². The van der Waals surface area contributed by atoms with E-state index in [2.05, 4.69) is 30.3 Å². The van der Waals surface area contributed by atoms with Gasteiger partial charge in [-0.15, -0.1) is 0 Å². The average Bonchev–Trinajstić information content (AvgIpc) is 3.14. The monoisotopic (exact) mass is 355 g/mol. The summed E-state index contributed by atoms with van der Waals surface area (Å²) >= 11 is 0. The second-order valence-electron chi connectivity index (χ2n) is 5.12. The summed E-state index contributed by atoms with van der Waals surface area (Å²) in [6, 6.07) is 9.67. The number of nitrogens with zero attached hydrogens (tertiary/aromatic N) is 6. The molecule has 26 heavy (non-hydrogen) atoms. The summed E-state index contributed by atoms with van der Waals surface area (Å²) in [5.74, 6) is 0.313. The van der Waals surface area contributed by atoms with Crippen molar-refractivity contribution in [3.05, 3.63) is 42.2 Å². The summed E-state index contributed by atoms with van der Waals surface area (Å²) in [6.45, 7) is 2.27. The molecule has 0 aliphatic heterocycles. The Bertz CT molecular complexity index is 911. The zero-order chi connectivity index (χ0) is 18.4. The van der Waals surface area contributed by atoms with Crippen molar-refractivity contribution in [3.63, 3.8) is 0 Å². The van der Waals surface area contributed by atoms with Crippen molar-refractivity contribution in [2.24, 2.45) is 10.3 Å². The lowest BCUT2D eigenvalue weighted by molar-refractivity contribution is 0.115. The summed E-state index contributed by atoms with van der Waals surface area (Å²) in [7, 11) is 1.42. The van der Waals surface area contributed by atoms with Gasteiger partial charge in [0, 0.05) is 7.05 Å². The maximum Gasteiger partial charge on any atom is 0.431 e. The van der Waals surface area contributed by atoms with Crippen molar-refractivity contribution >= 4 is 23.2 Å². The molecule has 10 heteroatoms. The molecule has 0 bridgehead atoms. The zero-order valence-corrected chi connectivity index (χ0v) is 14.3. The Morgan fingerprint density at radius 3 is 2.85 bits per heavy atom. The Morgan fingerprint density at radius 1 is 1.27 bits per heavy atom. The Hall–Kier alpha value is -3.56. The van der Waals surface area contributed by atoms with E-state index in [1.807, 2.05) is 30.3 Å². The third-order valence-electron chi connectivity index (χ3n) is 3.26. The van der Waals surface area contributed by atoms with Gasteiger partial charge in [0.2, 0.25) is 5.88 Å². The summed E-state index contributed by atoms with van der Waals surface area (Å²) in [5, 5.41) is 8.53.